The van der Waals surface area contributed by atoms with Gasteiger partial charge in [0.1, 0.15) is 0 Å². The average Bonchev–Trinajstić information content (AvgIpc) is 3.51. The lowest BCUT2D eigenvalue weighted by molar-refractivity contribution is -0.139. The highest BCUT2D eigenvalue weighted by molar-refractivity contribution is 6.34. The molecule has 3 aliphatic heterocycles. The van der Waals surface area contributed by atoms with E-state index in [2.05, 4.69) is 36.9 Å². The van der Waals surface area contributed by atoms with Crippen LogP contribution in [0.5, 0.6) is 0 Å². The molecule has 0 saturated carbocycles. The fourth-order valence-corrected chi connectivity index (χ4v) is 6.24. The summed E-state index contributed by atoms with van der Waals surface area (Å²) in [6.45, 7) is 7.71. The van der Waals surface area contributed by atoms with Gasteiger partial charge in [-0.15, -0.1) is 0 Å². The normalized spacial score (nSPS) is 19.4. The van der Waals surface area contributed by atoms with E-state index in [0.29, 0.717) is 18.0 Å². The minimum Gasteiger partial charge on any atom is -0.434 e. The number of hydrogen-bond donors (Lipinski definition) is 0. The van der Waals surface area contributed by atoms with E-state index in [1.165, 1.54) is 5.56 Å². The van der Waals surface area contributed by atoms with Crippen molar-refractivity contribution in [2.75, 3.05) is 16.3 Å². The Labute approximate surface area is 236 Å². The van der Waals surface area contributed by atoms with Crippen LogP contribution in [0.2, 0.25) is 0 Å². The number of hydrogen-bond acceptors (Lipinski definition) is 4. The molecule has 0 aliphatic carbocycles. The lowest BCUT2D eigenvalue weighted by Gasteiger charge is -2.28. The molecule has 0 N–H and O–H groups in total. The molecule has 5 nitrogen and oxygen atoms in total. The molecule has 1 fully saturated rings. The van der Waals surface area contributed by atoms with Gasteiger partial charge in [0.2, 0.25) is 0 Å². The highest BCUT2D eigenvalue weighted by atomic mass is 16.5. The summed E-state index contributed by atoms with van der Waals surface area (Å²) in [6, 6.07) is 24.6. The maximum absolute atomic E-state index is 13.8. The van der Waals surface area contributed by atoms with Crippen molar-refractivity contribution in [1.82, 2.24) is 0 Å². The van der Waals surface area contributed by atoms with Crippen LogP contribution in [0.15, 0.2) is 90.7 Å². The lowest BCUT2D eigenvalue weighted by Crippen LogP contribution is -2.31. The Morgan fingerprint density at radius 2 is 1.70 bits per heavy atom. The minimum atomic E-state index is -0.388. The summed E-state index contributed by atoms with van der Waals surface area (Å²) in [5.74, 6) is -0.109. The highest BCUT2D eigenvalue weighted by Gasteiger charge is 2.41. The SMILES string of the molecule is CC(C)Cc1ccc(C(C)C(=O)O/C=C2\C=C3C(=O)N(Cc4ccccc4)c4cccc(c43)N3CCC[C@@H]23)cc1. The molecule has 40 heavy (non-hydrogen) atoms. The summed E-state index contributed by atoms with van der Waals surface area (Å²) in [7, 11) is 0. The van der Waals surface area contributed by atoms with E-state index < -0.39 is 0 Å². The largest absolute Gasteiger partial charge is 0.434 e. The monoisotopic (exact) mass is 532 g/mol. The zero-order valence-electron chi connectivity index (χ0n) is 23.5. The van der Waals surface area contributed by atoms with E-state index in [0.717, 1.165) is 59.4 Å². The van der Waals surface area contributed by atoms with Gasteiger partial charge in [-0.1, -0.05) is 74.5 Å². The number of fused-ring (bicyclic) bond motifs is 2. The van der Waals surface area contributed by atoms with Crippen molar-refractivity contribution in [2.45, 2.75) is 58.5 Å². The summed E-state index contributed by atoms with van der Waals surface area (Å²) in [4.78, 5) is 31.2. The second-order valence-electron chi connectivity index (χ2n) is 11.6. The molecule has 3 heterocycles. The van der Waals surface area contributed by atoms with E-state index in [9.17, 15) is 9.59 Å². The number of carbonyl (C=O) groups is 2. The first-order valence-corrected chi connectivity index (χ1v) is 14.4. The van der Waals surface area contributed by atoms with Crippen LogP contribution in [0.1, 0.15) is 61.8 Å². The fourth-order valence-electron chi connectivity index (χ4n) is 6.24. The van der Waals surface area contributed by atoms with Crippen LogP contribution < -0.4 is 9.80 Å². The molecule has 5 heteroatoms. The van der Waals surface area contributed by atoms with Crippen LogP contribution >= 0.6 is 0 Å². The van der Waals surface area contributed by atoms with Crippen molar-refractivity contribution in [2.24, 2.45) is 5.92 Å². The second-order valence-corrected chi connectivity index (χ2v) is 11.6. The number of anilines is 2. The molecular formula is C35H36N2O3. The Bertz CT molecular complexity index is 1490. The van der Waals surface area contributed by atoms with Gasteiger partial charge in [-0.25, -0.2) is 0 Å². The van der Waals surface area contributed by atoms with Gasteiger partial charge in [0.05, 0.1) is 36.0 Å². The van der Waals surface area contributed by atoms with Gasteiger partial charge in [0.25, 0.3) is 5.91 Å². The zero-order valence-corrected chi connectivity index (χ0v) is 23.5. The van der Waals surface area contributed by atoms with E-state index in [-0.39, 0.29) is 23.8 Å². The standard InChI is InChI=1S/C35H36N2O3/c1-23(2)19-25-14-16-27(17-15-25)24(3)35(39)40-22-28-20-29-33-31(36-18-8-13-30(28)36)11-7-12-32(33)37(34(29)38)21-26-9-5-4-6-10-26/h4-7,9-12,14-17,20,22-24,30H,8,13,18-19,21H2,1-3H3/b28-22+/t24?,30-/m0/s1. The number of nitrogens with zero attached hydrogens (tertiary/aromatic N) is 2. The summed E-state index contributed by atoms with van der Waals surface area (Å²) in [5, 5.41) is 0. The van der Waals surface area contributed by atoms with Crippen molar-refractivity contribution in [3.05, 3.63) is 113 Å². The van der Waals surface area contributed by atoms with E-state index in [1.54, 1.807) is 6.26 Å². The van der Waals surface area contributed by atoms with Crippen molar-refractivity contribution < 1.29 is 14.3 Å². The molecule has 1 unspecified atom stereocenters. The molecule has 0 bridgehead atoms. The van der Waals surface area contributed by atoms with Crippen LogP contribution in [0, 0.1) is 5.92 Å². The molecule has 3 aromatic rings. The molecule has 0 radical (unpaired) electrons. The molecule has 3 aliphatic rings. The smallest absolute Gasteiger partial charge is 0.317 e. The number of esters is 1. The van der Waals surface area contributed by atoms with Crippen LogP contribution in [0.25, 0.3) is 5.57 Å². The van der Waals surface area contributed by atoms with Crippen molar-refractivity contribution in [3.63, 3.8) is 0 Å². The maximum Gasteiger partial charge on any atom is 0.317 e. The van der Waals surface area contributed by atoms with E-state index >= 15 is 0 Å². The minimum absolute atomic E-state index is 0.0143. The van der Waals surface area contributed by atoms with Gasteiger partial charge in [-0.05, 0) is 67.0 Å². The number of amides is 1. The molecule has 0 spiro atoms. The number of benzene rings is 3. The number of ether oxygens (including phenoxy) is 1. The van der Waals surface area contributed by atoms with E-state index in [1.807, 2.05) is 72.5 Å². The van der Waals surface area contributed by atoms with Crippen molar-refractivity contribution in [3.8, 4) is 0 Å². The van der Waals surface area contributed by atoms with Crippen LogP contribution in [-0.4, -0.2) is 24.5 Å². The number of rotatable bonds is 7. The van der Waals surface area contributed by atoms with Crippen molar-refractivity contribution >= 4 is 28.8 Å². The van der Waals surface area contributed by atoms with Gasteiger partial charge in [0.15, 0.2) is 0 Å². The summed E-state index contributed by atoms with van der Waals surface area (Å²) >= 11 is 0. The van der Waals surface area contributed by atoms with Crippen molar-refractivity contribution in [1.29, 1.82) is 0 Å². The van der Waals surface area contributed by atoms with Crippen LogP contribution in [0.4, 0.5) is 11.4 Å². The first-order valence-electron chi connectivity index (χ1n) is 14.4. The van der Waals surface area contributed by atoms with E-state index in [4.69, 9.17) is 4.74 Å². The van der Waals surface area contributed by atoms with Gasteiger partial charge < -0.3 is 14.5 Å². The molecule has 0 aromatic heterocycles. The summed E-state index contributed by atoms with van der Waals surface area (Å²) < 4.78 is 5.83. The first-order chi connectivity index (χ1) is 19.4. The maximum atomic E-state index is 13.8. The Kier molecular flexibility index (Phi) is 7.05. The molecule has 3 aromatic carbocycles. The molecule has 6 rings (SSSR count). The van der Waals surface area contributed by atoms with Gasteiger partial charge in [-0.2, -0.15) is 0 Å². The number of carbonyl (C=O) groups excluding carboxylic acids is 2. The van der Waals surface area contributed by atoms with Crippen LogP contribution in [-0.2, 0) is 27.3 Å². The quantitative estimate of drug-likeness (QED) is 0.242. The predicted molar refractivity (Wildman–Crippen MR) is 160 cm³/mol. The zero-order chi connectivity index (χ0) is 27.8. The Morgan fingerprint density at radius 1 is 0.950 bits per heavy atom. The first kappa shape index (κ1) is 26.1. The Hall–Kier alpha value is -4.12. The predicted octanol–water partition coefficient (Wildman–Crippen LogP) is 7.03. The lowest BCUT2D eigenvalue weighted by atomic mass is 9.97. The molecule has 2 atom stereocenters. The third-order valence-electron chi connectivity index (χ3n) is 8.29. The molecule has 204 valence electrons. The highest BCUT2D eigenvalue weighted by Crippen LogP contribution is 2.48. The molecular weight excluding hydrogens is 496 g/mol. The van der Waals surface area contributed by atoms with Crippen LogP contribution in [0.3, 0.4) is 0 Å². The molecule has 1 saturated heterocycles. The fraction of sp³-hybridized carbons (Fsp3) is 0.314. The second kappa shape index (κ2) is 10.8. The third kappa shape index (κ3) is 4.85. The summed E-state index contributed by atoms with van der Waals surface area (Å²) in [6.07, 6.45) is 6.57. The average molecular weight is 533 g/mol. The third-order valence-corrected chi connectivity index (χ3v) is 8.29. The Balaban J connectivity index is 1.29. The van der Waals surface area contributed by atoms with Gasteiger partial charge >= 0.3 is 5.97 Å². The Morgan fingerprint density at radius 3 is 2.45 bits per heavy atom. The topological polar surface area (TPSA) is 49.9 Å². The van der Waals surface area contributed by atoms with Gasteiger partial charge in [-0.3, -0.25) is 9.59 Å². The summed E-state index contributed by atoms with van der Waals surface area (Å²) in [5.41, 5.74) is 7.85. The van der Waals surface area contributed by atoms with Gasteiger partial charge in [0, 0.05) is 23.4 Å². The molecule has 1 amide bonds.